The van der Waals surface area contributed by atoms with Gasteiger partial charge in [-0.25, -0.2) is 4.79 Å². The summed E-state index contributed by atoms with van der Waals surface area (Å²) >= 11 is 0. The third kappa shape index (κ3) is 4.24. The van der Waals surface area contributed by atoms with Crippen molar-refractivity contribution >= 4 is 18.0 Å². The Morgan fingerprint density at radius 1 is 1.34 bits per heavy atom. The smallest absolute Gasteiger partial charge is 0.410 e. The molecule has 0 bridgehead atoms. The maximum atomic E-state index is 12.1. The molecule has 2 saturated heterocycles. The Morgan fingerprint density at radius 3 is 2.72 bits per heavy atom. The van der Waals surface area contributed by atoms with Gasteiger partial charge in [0, 0.05) is 36.1 Å². The summed E-state index contributed by atoms with van der Waals surface area (Å²) < 4.78 is 16.0. The number of anilines is 1. The summed E-state index contributed by atoms with van der Waals surface area (Å²) in [6.45, 7) is 7.87. The molecule has 2 fully saturated rings. The number of hydrogen-bond acceptors (Lipinski definition) is 8. The summed E-state index contributed by atoms with van der Waals surface area (Å²) in [4.78, 5) is 18.2. The van der Waals surface area contributed by atoms with Gasteiger partial charge < -0.3 is 29.6 Å². The highest BCUT2D eigenvalue weighted by atomic mass is 16.6. The Hall–Kier alpha value is -2.94. The first-order valence-electron chi connectivity index (χ1n) is 9.63. The highest BCUT2D eigenvalue weighted by Gasteiger charge is 2.37. The Labute approximate surface area is 168 Å². The standard InChI is InChI=1S/C20H25N5O4/c1-20(2,3)28-19(26)25-8-14(9-25)17-23-18(29-24-17)12-4-5-13(7-21)16(6-12)22-15-10-27-11-15/h4-7,14-15,21-22H,8-11H2,1-3H3. The van der Waals surface area contributed by atoms with Gasteiger partial charge in [0.15, 0.2) is 5.82 Å². The number of likely N-dealkylation sites (tertiary alicyclic amines) is 1. The van der Waals surface area contributed by atoms with E-state index in [0.29, 0.717) is 38.0 Å². The number of rotatable bonds is 5. The Morgan fingerprint density at radius 2 is 2.10 bits per heavy atom. The van der Waals surface area contributed by atoms with Gasteiger partial charge in [-0.05, 0) is 32.9 Å². The van der Waals surface area contributed by atoms with E-state index in [2.05, 4.69) is 15.5 Å². The Bertz CT molecular complexity index is 910. The van der Waals surface area contributed by atoms with Crippen LogP contribution in [0.5, 0.6) is 0 Å². The molecule has 0 unspecified atom stereocenters. The van der Waals surface area contributed by atoms with Crippen molar-refractivity contribution in [2.45, 2.75) is 38.3 Å². The summed E-state index contributed by atoms with van der Waals surface area (Å²) in [6.07, 6.45) is 0.986. The first-order valence-corrected chi connectivity index (χ1v) is 9.63. The second-order valence-electron chi connectivity index (χ2n) is 8.37. The van der Waals surface area contributed by atoms with E-state index in [1.165, 1.54) is 6.21 Å². The number of nitrogens with zero attached hydrogens (tertiary/aromatic N) is 3. The predicted molar refractivity (Wildman–Crippen MR) is 106 cm³/mol. The van der Waals surface area contributed by atoms with Crippen molar-refractivity contribution in [1.29, 1.82) is 5.41 Å². The van der Waals surface area contributed by atoms with Gasteiger partial charge in [-0.3, -0.25) is 0 Å². The van der Waals surface area contributed by atoms with Gasteiger partial charge in [0.25, 0.3) is 5.89 Å². The van der Waals surface area contributed by atoms with Gasteiger partial charge in [0.2, 0.25) is 0 Å². The first kappa shape index (κ1) is 19.4. The molecule has 0 aliphatic carbocycles. The van der Waals surface area contributed by atoms with Gasteiger partial charge in [-0.2, -0.15) is 4.98 Å². The van der Waals surface area contributed by atoms with Crippen LogP contribution in [0, 0.1) is 5.41 Å². The molecule has 2 aromatic rings. The molecule has 154 valence electrons. The molecule has 4 rings (SSSR count). The van der Waals surface area contributed by atoms with Crippen LogP contribution in [0.2, 0.25) is 0 Å². The largest absolute Gasteiger partial charge is 0.444 e. The van der Waals surface area contributed by atoms with E-state index in [9.17, 15) is 4.79 Å². The zero-order chi connectivity index (χ0) is 20.6. The average Bonchev–Trinajstić information content (AvgIpc) is 3.04. The minimum atomic E-state index is -0.512. The lowest BCUT2D eigenvalue weighted by Gasteiger charge is -2.38. The van der Waals surface area contributed by atoms with Gasteiger partial charge in [-0.15, -0.1) is 0 Å². The van der Waals surface area contributed by atoms with Gasteiger partial charge in [-0.1, -0.05) is 11.2 Å². The molecule has 2 aliphatic rings. The fraction of sp³-hybridized carbons (Fsp3) is 0.500. The van der Waals surface area contributed by atoms with E-state index in [-0.39, 0.29) is 18.1 Å². The molecule has 29 heavy (non-hydrogen) atoms. The zero-order valence-electron chi connectivity index (χ0n) is 16.8. The summed E-state index contributed by atoms with van der Waals surface area (Å²) in [5.41, 5.74) is 1.89. The maximum Gasteiger partial charge on any atom is 0.410 e. The van der Waals surface area contributed by atoms with Crippen molar-refractivity contribution in [2.75, 3.05) is 31.6 Å². The molecule has 1 amide bonds. The summed E-state index contributed by atoms with van der Waals surface area (Å²) in [5, 5.41) is 15.1. The summed E-state index contributed by atoms with van der Waals surface area (Å²) in [5.74, 6) is 1.03. The monoisotopic (exact) mass is 399 g/mol. The highest BCUT2D eigenvalue weighted by molar-refractivity contribution is 5.87. The van der Waals surface area contributed by atoms with Crippen molar-refractivity contribution in [3.63, 3.8) is 0 Å². The molecule has 9 heteroatoms. The van der Waals surface area contributed by atoms with E-state index in [0.717, 1.165) is 16.8 Å². The van der Waals surface area contributed by atoms with Gasteiger partial charge >= 0.3 is 6.09 Å². The summed E-state index contributed by atoms with van der Waals surface area (Å²) in [7, 11) is 0. The fourth-order valence-corrected chi connectivity index (χ4v) is 3.11. The molecule has 2 N–H and O–H groups in total. The van der Waals surface area contributed by atoms with E-state index < -0.39 is 5.60 Å². The van der Waals surface area contributed by atoms with Gasteiger partial charge in [0.05, 0.1) is 25.2 Å². The minimum Gasteiger partial charge on any atom is -0.444 e. The topological polar surface area (TPSA) is 114 Å². The zero-order valence-corrected chi connectivity index (χ0v) is 16.8. The van der Waals surface area contributed by atoms with Crippen molar-refractivity contribution in [3.8, 4) is 11.5 Å². The van der Waals surface area contributed by atoms with E-state index in [4.69, 9.17) is 19.4 Å². The summed E-state index contributed by atoms with van der Waals surface area (Å²) in [6, 6.07) is 5.86. The van der Waals surface area contributed by atoms with E-state index >= 15 is 0 Å². The number of ether oxygens (including phenoxy) is 2. The van der Waals surface area contributed by atoms with Crippen LogP contribution < -0.4 is 5.32 Å². The molecular weight excluding hydrogens is 374 g/mol. The molecule has 0 spiro atoms. The molecule has 9 nitrogen and oxygen atoms in total. The SMILES string of the molecule is CC(C)(C)OC(=O)N1CC(c2noc(-c3ccc(C=N)c(NC4COC4)c3)n2)C1. The highest BCUT2D eigenvalue weighted by Crippen LogP contribution is 2.30. The average molecular weight is 399 g/mol. The fourth-order valence-electron chi connectivity index (χ4n) is 3.11. The molecule has 1 aromatic heterocycles. The number of carbonyl (C=O) groups excluding carboxylic acids is 1. The second kappa shape index (κ2) is 7.47. The van der Waals surface area contributed by atoms with Crippen LogP contribution in [0.1, 0.15) is 38.1 Å². The molecule has 0 atom stereocenters. The molecule has 1 aromatic carbocycles. The van der Waals surface area contributed by atoms with Gasteiger partial charge in [0.1, 0.15) is 5.60 Å². The molecule has 2 aliphatic heterocycles. The number of nitrogens with one attached hydrogen (secondary N) is 2. The number of aromatic nitrogens is 2. The third-order valence-electron chi connectivity index (χ3n) is 4.79. The second-order valence-corrected chi connectivity index (χ2v) is 8.37. The lowest BCUT2D eigenvalue weighted by molar-refractivity contribution is 0.00734. The van der Waals surface area contributed by atoms with Crippen molar-refractivity contribution in [3.05, 3.63) is 29.6 Å². The van der Waals surface area contributed by atoms with Crippen LogP contribution in [-0.2, 0) is 9.47 Å². The number of hydrogen-bond donors (Lipinski definition) is 2. The lowest BCUT2D eigenvalue weighted by Crippen LogP contribution is -2.50. The normalized spacial score (nSPS) is 17.4. The predicted octanol–water partition coefficient (Wildman–Crippen LogP) is 2.88. The van der Waals surface area contributed by atoms with E-state index in [1.54, 1.807) is 4.90 Å². The molecule has 3 heterocycles. The van der Waals surface area contributed by atoms with Crippen LogP contribution in [-0.4, -0.2) is 65.3 Å². The van der Waals surface area contributed by atoms with Crippen molar-refractivity contribution < 1.29 is 18.8 Å². The maximum absolute atomic E-state index is 12.1. The van der Waals surface area contributed by atoms with Crippen LogP contribution in [0.3, 0.4) is 0 Å². The van der Waals surface area contributed by atoms with Crippen LogP contribution in [0.15, 0.2) is 22.7 Å². The minimum absolute atomic E-state index is 0.0330. The first-order chi connectivity index (χ1) is 13.8. The van der Waals surface area contributed by atoms with Crippen LogP contribution in [0.25, 0.3) is 11.5 Å². The number of benzene rings is 1. The molecule has 0 radical (unpaired) electrons. The van der Waals surface area contributed by atoms with Crippen molar-refractivity contribution in [1.82, 2.24) is 15.0 Å². The van der Waals surface area contributed by atoms with E-state index in [1.807, 2.05) is 39.0 Å². The third-order valence-corrected chi connectivity index (χ3v) is 4.79. The number of carbonyl (C=O) groups is 1. The Kier molecular flexibility index (Phi) is 4.99. The number of amides is 1. The molecule has 0 saturated carbocycles. The van der Waals surface area contributed by atoms with Crippen molar-refractivity contribution in [2.24, 2.45) is 0 Å². The van der Waals surface area contributed by atoms with Crippen LogP contribution >= 0.6 is 0 Å². The quantitative estimate of drug-likeness (QED) is 0.743. The Balaban J connectivity index is 1.42. The lowest BCUT2D eigenvalue weighted by atomic mass is 10.0. The van der Waals surface area contributed by atoms with Crippen LogP contribution in [0.4, 0.5) is 10.5 Å². The molecular formula is C20H25N5O4.